The van der Waals surface area contributed by atoms with Crippen LogP contribution in [-0.4, -0.2) is 0 Å². The van der Waals surface area contributed by atoms with Gasteiger partial charge in [0.15, 0.2) is 0 Å². The maximum atomic E-state index is 2.63. The van der Waals surface area contributed by atoms with Crippen molar-refractivity contribution >= 4 is 0 Å². The summed E-state index contributed by atoms with van der Waals surface area (Å²) >= 11 is 0. The third-order valence-electron chi connectivity index (χ3n) is 16.7. The number of benzene rings is 7. The van der Waals surface area contributed by atoms with Crippen molar-refractivity contribution in [2.45, 2.75) is 180 Å². The van der Waals surface area contributed by atoms with Crippen LogP contribution >= 0.6 is 0 Å². The molecule has 0 unspecified atom stereocenters. The molecule has 0 radical (unpaired) electrons. The van der Waals surface area contributed by atoms with Crippen molar-refractivity contribution in [1.82, 2.24) is 0 Å². The third-order valence-corrected chi connectivity index (χ3v) is 16.7. The predicted molar refractivity (Wildman–Crippen MR) is 303 cm³/mol. The van der Waals surface area contributed by atoms with Crippen molar-refractivity contribution < 1.29 is 0 Å². The molecule has 9 rings (SSSR count). The summed E-state index contributed by atoms with van der Waals surface area (Å²) in [6.45, 7) is 9.38. The Morgan fingerprint density at radius 3 is 0.886 bits per heavy atom. The SMILES string of the molecule is CCCCCCC1(CCCCCC)c2cc(Cc3ccccc3)ccc2-c2ccc(-c3ccc(-c4ccc5c(c4)C(CCCCCC)(CCCCCC)c4cc(Cc6ccccc6)ccc4-5)cc3)cc21. The topological polar surface area (TPSA) is 0 Å². The Balaban J connectivity index is 1.06. The standard InChI is InChI=1S/C70H82/c1-5-9-13-23-43-69(44-24-14-10-6-2)65-49-55(47-53-27-19-17-20-28-53)31-39-61(65)63-41-37-59(51-67(63)69)57-33-35-58(36-34-57)60-38-42-64-62-40-32-56(48-54-29-21-18-22-30-54)50-66(62)70(68(64)52-60,45-25-15-11-7-3)46-26-16-12-8-4/h17-22,27-42,49-52H,5-16,23-26,43-48H2,1-4H3. The van der Waals surface area contributed by atoms with Gasteiger partial charge in [-0.15, -0.1) is 0 Å². The Labute approximate surface area is 424 Å². The van der Waals surface area contributed by atoms with Crippen molar-refractivity contribution in [3.8, 4) is 44.5 Å². The summed E-state index contributed by atoms with van der Waals surface area (Å²) in [6.07, 6.45) is 27.6. The molecule has 0 saturated heterocycles. The Hall–Kier alpha value is -5.46. The minimum absolute atomic E-state index is 0.0404. The summed E-state index contributed by atoms with van der Waals surface area (Å²) in [6, 6.07) is 61.9. The zero-order valence-corrected chi connectivity index (χ0v) is 43.6. The minimum Gasteiger partial charge on any atom is -0.0654 e. The van der Waals surface area contributed by atoms with Crippen molar-refractivity contribution in [1.29, 1.82) is 0 Å². The maximum Gasteiger partial charge on any atom is 0.0215 e. The zero-order valence-electron chi connectivity index (χ0n) is 43.6. The molecule has 7 aromatic carbocycles. The van der Waals surface area contributed by atoms with E-state index in [1.54, 1.807) is 22.3 Å². The number of unbranched alkanes of at least 4 members (excludes halogenated alkanes) is 12. The zero-order chi connectivity index (χ0) is 48.2. The largest absolute Gasteiger partial charge is 0.0654 e. The summed E-state index contributed by atoms with van der Waals surface area (Å²) in [7, 11) is 0. The molecule has 0 N–H and O–H groups in total. The molecule has 0 aromatic heterocycles. The fourth-order valence-corrected chi connectivity index (χ4v) is 12.9. The van der Waals surface area contributed by atoms with Crippen molar-refractivity contribution in [2.75, 3.05) is 0 Å². The second-order valence-corrected chi connectivity index (χ2v) is 21.6. The van der Waals surface area contributed by atoms with E-state index in [2.05, 4.69) is 185 Å². The van der Waals surface area contributed by atoms with Crippen LogP contribution in [-0.2, 0) is 23.7 Å². The summed E-state index contributed by atoms with van der Waals surface area (Å²) in [4.78, 5) is 0. The van der Waals surface area contributed by atoms with Gasteiger partial charge in [0.2, 0.25) is 0 Å². The highest BCUT2D eigenvalue weighted by atomic mass is 14.5. The minimum atomic E-state index is 0.0404. The maximum absolute atomic E-state index is 2.63. The predicted octanol–water partition coefficient (Wildman–Crippen LogP) is 20.6. The van der Waals surface area contributed by atoms with Gasteiger partial charge in [-0.3, -0.25) is 0 Å². The highest BCUT2D eigenvalue weighted by Crippen LogP contribution is 2.57. The number of rotatable bonds is 26. The van der Waals surface area contributed by atoms with Crippen LogP contribution in [0.25, 0.3) is 44.5 Å². The molecule has 362 valence electrons. The van der Waals surface area contributed by atoms with Crippen molar-refractivity contribution in [3.05, 3.63) is 202 Å². The normalized spacial score (nSPS) is 13.8. The van der Waals surface area contributed by atoms with Crippen LogP contribution in [0.2, 0.25) is 0 Å². The molecule has 0 amide bonds. The third kappa shape index (κ3) is 10.7. The van der Waals surface area contributed by atoms with Gasteiger partial charge >= 0.3 is 0 Å². The molecule has 0 aliphatic heterocycles. The molecular weight excluding hydrogens is 841 g/mol. The Kier molecular flexibility index (Phi) is 16.7. The first kappa shape index (κ1) is 49.5. The van der Waals surface area contributed by atoms with E-state index in [9.17, 15) is 0 Å². The van der Waals surface area contributed by atoms with E-state index >= 15 is 0 Å². The number of hydrogen-bond donors (Lipinski definition) is 0. The van der Waals surface area contributed by atoms with E-state index < -0.39 is 0 Å². The highest BCUT2D eigenvalue weighted by molar-refractivity contribution is 5.86. The molecule has 0 fully saturated rings. The van der Waals surface area contributed by atoms with Crippen molar-refractivity contribution in [2.24, 2.45) is 0 Å². The van der Waals surface area contributed by atoms with Gasteiger partial charge in [-0.1, -0.05) is 276 Å². The molecule has 7 aromatic rings. The van der Waals surface area contributed by atoms with Gasteiger partial charge in [0.05, 0.1) is 0 Å². The molecule has 2 aliphatic rings. The van der Waals surface area contributed by atoms with E-state index in [1.165, 1.54) is 195 Å². The quantitative estimate of drug-likeness (QED) is 0.0475. The van der Waals surface area contributed by atoms with Gasteiger partial charge in [0.1, 0.15) is 0 Å². The van der Waals surface area contributed by atoms with Gasteiger partial charge in [-0.05, 0) is 140 Å². The van der Waals surface area contributed by atoms with Crippen LogP contribution in [0.3, 0.4) is 0 Å². The fraction of sp³-hybridized carbons (Fsp3) is 0.400. The highest BCUT2D eigenvalue weighted by Gasteiger charge is 2.44. The average molecular weight is 923 g/mol. The van der Waals surface area contributed by atoms with Crippen molar-refractivity contribution in [3.63, 3.8) is 0 Å². The first-order chi connectivity index (χ1) is 34.5. The van der Waals surface area contributed by atoms with E-state index in [4.69, 9.17) is 0 Å². The van der Waals surface area contributed by atoms with Gasteiger partial charge < -0.3 is 0 Å². The first-order valence-electron chi connectivity index (χ1n) is 28.3. The number of hydrogen-bond acceptors (Lipinski definition) is 0. The molecular formula is C70H82. The molecule has 0 saturated carbocycles. The first-order valence-corrected chi connectivity index (χ1v) is 28.3. The summed E-state index contributed by atoms with van der Waals surface area (Å²) < 4.78 is 0. The lowest BCUT2D eigenvalue weighted by atomic mass is 9.70. The monoisotopic (exact) mass is 923 g/mol. The summed E-state index contributed by atoms with van der Waals surface area (Å²) in [5.41, 5.74) is 23.3. The molecule has 0 nitrogen and oxygen atoms in total. The van der Waals surface area contributed by atoms with Crippen LogP contribution in [0.1, 0.15) is 201 Å². The van der Waals surface area contributed by atoms with E-state index in [0.717, 1.165) is 12.8 Å². The second kappa shape index (κ2) is 23.6. The molecule has 0 bridgehead atoms. The average Bonchev–Trinajstić information content (AvgIpc) is 3.82. The van der Waals surface area contributed by atoms with E-state index in [-0.39, 0.29) is 10.8 Å². The lowest BCUT2D eigenvalue weighted by Gasteiger charge is -2.33. The smallest absolute Gasteiger partial charge is 0.0215 e. The Morgan fingerprint density at radius 1 is 0.257 bits per heavy atom. The van der Waals surface area contributed by atoms with Crippen LogP contribution in [0.15, 0.2) is 158 Å². The molecule has 0 heterocycles. The van der Waals surface area contributed by atoms with Gasteiger partial charge in [0.25, 0.3) is 0 Å². The number of fused-ring (bicyclic) bond motifs is 6. The van der Waals surface area contributed by atoms with Gasteiger partial charge in [0, 0.05) is 10.8 Å². The lowest BCUT2D eigenvalue weighted by molar-refractivity contribution is 0.401. The molecule has 70 heavy (non-hydrogen) atoms. The lowest BCUT2D eigenvalue weighted by Crippen LogP contribution is -2.26. The van der Waals surface area contributed by atoms with Gasteiger partial charge in [-0.25, -0.2) is 0 Å². The van der Waals surface area contributed by atoms with E-state index in [0.29, 0.717) is 0 Å². The Morgan fingerprint density at radius 2 is 0.557 bits per heavy atom. The molecule has 0 spiro atoms. The molecule has 0 heteroatoms. The second-order valence-electron chi connectivity index (χ2n) is 21.6. The molecule has 2 aliphatic carbocycles. The van der Waals surface area contributed by atoms with Crippen LogP contribution in [0.5, 0.6) is 0 Å². The van der Waals surface area contributed by atoms with Crippen LogP contribution < -0.4 is 0 Å². The summed E-state index contributed by atoms with van der Waals surface area (Å²) in [5.74, 6) is 0. The fourth-order valence-electron chi connectivity index (χ4n) is 12.9. The molecule has 0 atom stereocenters. The van der Waals surface area contributed by atoms with Gasteiger partial charge in [-0.2, -0.15) is 0 Å². The van der Waals surface area contributed by atoms with Crippen LogP contribution in [0, 0.1) is 0 Å². The Bertz CT molecular complexity index is 2540. The summed E-state index contributed by atoms with van der Waals surface area (Å²) in [5, 5.41) is 0. The van der Waals surface area contributed by atoms with Crippen LogP contribution in [0.4, 0.5) is 0 Å². The van der Waals surface area contributed by atoms with E-state index in [1.807, 2.05) is 0 Å².